The number of hydrogen-bond donors (Lipinski definition) is 0. The fraction of sp³-hybridized carbons (Fsp3) is 0.917. The van der Waals surface area contributed by atoms with Crippen molar-refractivity contribution >= 4 is 14.6 Å². The molecule has 0 heterocycles. The van der Waals surface area contributed by atoms with Crippen LogP contribution in [0.4, 0.5) is 0 Å². The molecule has 15 heavy (non-hydrogen) atoms. The van der Waals surface area contributed by atoms with Crippen LogP contribution >= 0.6 is 0 Å². The second kappa shape index (κ2) is 5.80. The van der Waals surface area contributed by atoms with E-state index in [4.69, 9.17) is 4.43 Å². The van der Waals surface area contributed by atoms with Crippen LogP contribution in [0, 0.1) is 0 Å². The summed E-state index contributed by atoms with van der Waals surface area (Å²) in [7, 11) is -1.70. The molecule has 0 fully saturated rings. The molecule has 3 heteroatoms. The SMILES string of the molecule is CCC[C@@H](CC=O)O[Si](C)(C)C(C)(C)C. The van der Waals surface area contributed by atoms with Crippen molar-refractivity contribution in [2.75, 3.05) is 0 Å². The lowest BCUT2D eigenvalue weighted by atomic mass is 10.2. The number of carbonyl (C=O) groups excluding carboxylic acids is 1. The molecular weight excluding hydrogens is 204 g/mol. The molecule has 0 amide bonds. The number of rotatable bonds is 6. The average molecular weight is 230 g/mol. The largest absolute Gasteiger partial charge is 0.414 e. The van der Waals surface area contributed by atoms with Gasteiger partial charge in [0, 0.05) is 6.42 Å². The van der Waals surface area contributed by atoms with Gasteiger partial charge in [0.05, 0.1) is 6.10 Å². The summed E-state index contributed by atoms with van der Waals surface area (Å²) < 4.78 is 6.19. The average Bonchev–Trinajstić information content (AvgIpc) is 2.02. The molecule has 0 aliphatic heterocycles. The van der Waals surface area contributed by atoms with E-state index in [1.165, 1.54) is 0 Å². The van der Waals surface area contributed by atoms with Crippen molar-refractivity contribution in [3.63, 3.8) is 0 Å². The van der Waals surface area contributed by atoms with Gasteiger partial charge < -0.3 is 9.22 Å². The molecule has 0 radical (unpaired) electrons. The Bertz CT molecular complexity index is 194. The molecule has 0 aliphatic rings. The smallest absolute Gasteiger partial charge is 0.192 e. The molecule has 0 bridgehead atoms. The topological polar surface area (TPSA) is 26.3 Å². The Morgan fingerprint density at radius 1 is 1.33 bits per heavy atom. The van der Waals surface area contributed by atoms with Gasteiger partial charge in [0.15, 0.2) is 8.32 Å². The zero-order valence-corrected chi connectivity index (χ0v) is 12.1. The van der Waals surface area contributed by atoms with Crippen molar-refractivity contribution in [1.29, 1.82) is 0 Å². The van der Waals surface area contributed by atoms with Crippen LogP contribution in [0.25, 0.3) is 0 Å². The third kappa shape index (κ3) is 4.93. The van der Waals surface area contributed by atoms with Gasteiger partial charge in [-0.2, -0.15) is 0 Å². The first-order valence-corrected chi connectivity index (χ1v) is 8.77. The Kier molecular flexibility index (Phi) is 5.74. The minimum absolute atomic E-state index is 0.133. The van der Waals surface area contributed by atoms with Gasteiger partial charge in [-0.1, -0.05) is 34.1 Å². The third-order valence-corrected chi connectivity index (χ3v) is 7.77. The van der Waals surface area contributed by atoms with Crippen LogP contribution in [0.5, 0.6) is 0 Å². The molecule has 1 atom stereocenters. The van der Waals surface area contributed by atoms with E-state index in [-0.39, 0.29) is 11.1 Å². The molecule has 0 saturated carbocycles. The van der Waals surface area contributed by atoms with E-state index in [1.807, 2.05) is 0 Å². The molecule has 0 aliphatic carbocycles. The normalized spacial score (nSPS) is 15.1. The van der Waals surface area contributed by atoms with Gasteiger partial charge in [0.1, 0.15) is 6.29 Å². The van der Waals surface area contributed by atoms with Gasteiger partial charge in [0.2, 0.25) is 0 Å². The van der Waals surface area contributed by atoms with Gasteiger partial charge in [-0.3, -0.25) is 0 Å². The van der Waals surface area contributed by atoms with Crippen molar-refractivity contribution in [2.24, 2.45) is 0 Å². The Labute approximate surface area is 95.5 Å². The molecule has 0 saturated heterocycles. The van der Waals surface area contributed by atoms with Crippen molar-refractivity contribution < 1.29 is 9.22 Å². The molecule has 0 aromatic heterocycles. The van der Waals surface area contributed by atoms with E-state index in [2.05, 4.69) is 40.8 Å². The van der Waals surface area contributed by atoms with E-state index in [1.54, 1.807) is 0 Å². The van der Waals surface area contributed by atoms with Crippen LogP contribution in [0.3, 0.4) is 0 Å². The van der Waals surface area contributed by atoms with E-state index < -0.39 is 8.32 Å². The summed E-state index contributed by atoms with van der Waals surface area (Å²) in [5, 5.41) is 0.224. The van der Waals surface area contributed by atoms with Crippen LogP contribution < -0.4 is 0 Å². The number of hydrogen-bond acceptors (Lipinski definition) is 2. The Morgan fingerprint density at radius 2 is 1.87 bits per heavy atom. The summed E-state index contributed by atoms with van der Waals surface area (Å²) in [5.41, 5.74) is 0. The van der Waals surface area contributed by atoms with Gasteiger partial charge in [-0.25, -0.2) is 0 Å². The van der Waals surface area contributed by atoms with Crippen molar-refractivity contribution in [3.05, 3.63) is 0 Å². The lowest BCUT2D eigenvalue weighted by Crippen LogP contribution is -2.44. The Hall–Kier alpha value is -0.153. The Balaban J connectivity index is 4.43. The second-order valence-electron chi connectivity index (χ2n) is 5.69. The lowest BCUT2D eigenvalue weighted by Gasteiger charge is -2.39. The summed E-state index contributed by atoms with van der Waals surface area (Å²) in [6.45, 7) is 13.3. The van der Waals surface area contributed by atoms with Crippen molar-refractivity contribution in [1.82, 2.24) is 0 Å². The zero-order valence-electron chi connectivity index (χ0n) is 11.1. The van der Waals surface area contributed by atoms with Crippen LogP contribution in [-0.2, 0) is 9.22 Å². The highest BCUT2D eigenvalue weighted by Gasteiger charge is 2.38. The summed E-state index contributed by atoms with van der Waals surface area (Å²) >= 11 is 0. The van der Waals surface area contributed by atoms with Crippen molar-refractivity contribution in [3.8, 4) is 0 Å². The quantitative estimate of drug-likeness (QED) is 0.513. The molecule has 2 nitrogen and oxygen atoms in total. The molecule has 0 aromatic carbocycles. The van der Waals surface area contributed by atoms with Crippen molar-refractivity contribution in [2.45, 2.75) is 71.2 Å². The lowest BCUT2D eigenvalue weighted by molar-refractivity contribution is -0.109. The maximum absolute atomic E-state index is 10.6. The first-order valence-electron chi connectivity index (χ1n) is 5.86. The van der Waals surface area contributed by atoms with E-state index in [9.17, 15) is 4.79 Å². The minimum Gasteiger partial charge on any atom is -0.414 e. The summed E-state index contributed by atoms with van der Waals surface area (Å²) in [6.07, 6.45) is 3.72. The summed E-state index contributed by atoms with van der Waals surface area (Å²) in [5.74, 6) is 0. The molecule has 0 rings (SSSR count). The monoisotopic (exact) mass is 230 g/mol. The summed E-state index contributed by atoms with van der Waals surface area (Å²) in [4.78, 5) is 10.6. The molecule has 90 valence electrons. The number of aldehydes is 1. The van der Waals surface area contributed by atoms with Crippen LogP contribution in [0.2, 0.25) is 18.1 Å². The molecule has 0 N–H and O–H groups in total. The van der Waals surface area contributed by atoms with Gasteiger partial charge >= 0.3 is 0 Å². The standard InChI is InChI=1S/C12H26O2Si/c1-7-8-11(9-10-13)14-15(5,6)12(2,3)4/h10-11H,7-9H2,1-6H3/t11-/m0/s1. The molecule has 0 spiro atoms. The molecule has 0 unspecified atom stereocenters. The maximum Gasteiger partial charge on any atom is 0.192 e. The fourth-order valence-corrected chi connectivity index (χ4v) is 2.65. The predicted octanol–water partition coefficient (Wildman–Crippen LogP) is 3.77. The van der Waals surface area contributed by atoms with Gasteiger partial charge in [-0.15, -0.1) is 0 Å². The van der Waals surface area contributed by atoms with Crippen LogP contribution in [0.15, 0.2) is 0 Å². The van der Waals surface area contributed by atoms with E-state index in [0.29, 0.717) is 6.42 Å². The fourth-order valence-electron chi connectivity index (χ4n) is 1.25. The van der Waals surface area contributed by atoms with Crippen LogP contribution in [0.1, 0.15) is 47.0 Å². The Morgan fingerprint density at radius 3 is 2.20 bits per heavy atom. The molecule has 0 aromatic rings. The highest BCUT2D eigenvalue weighted by Crippen LogP contribution is 2.37. The first kappa shape index (κ1) is 14.8. The van der Waals surface area contributed by atoms with Gasteiger partial charge in [-0.05, 0) is 24.6 Å². The highest BCUT2D eigenvalue weighted by atomic mass is 28.4. The summed E-state index contributed by atoms with van der Waals surface area (Å²) in [6, 6.07) is 0. The van der Waals surface area contributed by atoms with E-state index in [0.717, 1.165) is 19.1 Å². The predicted molar refractivity (Wildman–Crippen MR) is 67.7 cm³/mol. The minimum atomic E-state index is -1.70. The number of carbonyl (C=O) groups is 1. The maximum atomic E-state index is 10.6. The second-order valence-corrected chi connectivity index (χ2v) is 10.4. The zero-order chi connectivity index (χ0) is 12.1. The molecular formula is C12H26O2Si. The van der Waals surface area contributed by atoms with E-state index >= 15 is 0 Å². The van der Waals surface area contributed by atoms with Crippen LogP contribution in [-0.4, -0.2) is 20.7 Å². The van der Waals surface area contributed by atoms with Gasteiger partial charge in [0.25, 0.3) is 0 Å². The third-order valence-electron chi connectivity index (χ3n) is 3.24. The highest BCUT2D eigenvalue weighted by molar-refractivity contribution is 6.74. The first-order chi connectivity index (χ1) is 6.74.